The Kier molecular flexibility index (Phi) is 3.82. The molecule has 0 aromatic heterocycles. The molecule has 6 nitrogen and oxygen atoms in total. The van der Waals surface area contributed by atoms with Crippen molar-refractivity contribution in [1.82, 2.24) is 0 Å². The lowest BCUT2D eigenvalue weighted by Gasteiger charge is -2.23. The van der Waals surface area contributed by atoms with Gasteiger partial charge in [0.25, 0.3) is 5.69 Å². The molecular weight excluding hydrogens is 268 g/mol. The number of benzene rings is 1. The summed E-state index contributed by atoms with van der Waals surface area (Å²) in [7, 11) is 0. The van der Waals surface area contributed by atoms with Crippen LogP contribution in [0.25, 0.3) is 10.5 Å². The molecule has 6 heteroatoms. The normalized spacial score (nSPS) is 21.2. The highest BCUT2D eigenvalue weighted by molar-refractivity contribution is 5.95. The van der Waals surface area contributed by atoms with Gasteiger partial charge in [-0.15, -0.1) is 0 Å². The van der Waals surface area contributed by atoms with Gasteiger partial charge in [-0.05, 0) is 12.5 Å². The summed E-state index contributed by atoms with van der Waals surface area (Å²) < 4.78 is 0. The van der Waals surface area contributed by atoms with Crippen molar-refractivity contribution in [2.75, 3.05) is 0 Å². The number of non-ortho nitro benzene ring substituents is 1. The van der Waals surface area contributed by atoms with Gasteiger partial charge < -0.3 is 0 Å². The second-order valence-electron chi connectivity index (χ2n) is 4.80. The molecule has 0 fully saturated rings. The van der Waals surface area contributed by atoms with Crippen LogP contribution in [-0.4, -0.2) is 10.6 Å². The third-order valence-electron chi connectivity index (χ3n) is 3.50. The Morgan fingerprint density at radius 1 is 1.52 bits per heavy atom. The van der Waals surface area contributed by atoms with Crippen LogP contribution in [0.2, 0.25) is 0 Å². The zero-order valence-electron chi connectivity index (χ0n) is 11.6. The van der Waals surface area contributed by atoms with Gasteiger partial charge in [-0.3, -0.25) is 15.1 Å². The lowest BCUT2D eigenvalue weighted by Crippen LogP contribution is -2.23. The number of aliphatic imine (C=N–C) groups is 1. The molecule has 104 valence electrons. The van der Waals surface area contributed by atoms with E-state index in [0.29, 0.717) is 22.7 Å². The summed E-state index contributed by atoms with van der Waals surface area (Å²) in [5.74, 6) is -0.712. The van der Waals surface area contributed by atoms with Gasteiger partial charge in [0.05, 0.1) is 29.2 Å². The first-order valence-electron chi connectivity index (χ1n) is 6.30. The van der Waals surface area contributed by atoms with Crippen LogP contribution in [0, 0.1) is 39.9 Å². The van der Waals surface area contributed by atoms with E-state index in [-0.39, 0.29) is 11.6 Å². The lowest BCUT2D eigenvalue weighted by atomic mass is 9.84. The van der Waals surface area contributed by atoms with Crippen LogP contribution in [0.1, 0.15) is 19.4 Å². The fourth-order valence-electron chi connectivity index (χ4n) is 2.38. The number of nitro benzene ring substituents is 1. The molecule has 0 spiro atoms. The van der Waals surface area contributed by atoms with E-state index in [1.54, 1.807) is 26.0 Å². The Morgan fingerprint density at radius 3 is 2.81 bits per heavy atom. The Morgan fingerprint density at radius 2 is 2.24 bits per heavy atom. The molecule has 21 heavy (non-hydrogen) atoms. The third kappa shape index (κ3) is 2.52. The Hall–Kier alpha value is -2.99. The highest BCUT2D eigenvalue weighted by Crippen LogP contribution is 2.36. The summed E-state index contributed by atoms with van der Waals surface area (Å²) in [6, 6.07) is 8.19. The monoisotopic (exact) mass is 280 g/mol. The van der Waals surface area contributed by atoms with Gasteiger partial charge in [0.2, 0.25) is 0 Å². The van der Waals surface area contributed by atoms with E-state index < -0.39 is 10.8 Å². The average Bonchev–Trinajstić information content (AvgIpc) is 2.47. The minimum atomic E-state index is -0.484. The number of nitriles is 1. The van der Waals surface area contributed by atoms with E-state index in [2.05, 4.69) is 15.9 Å². The van der Waals surface area contributed by atoms with Gasteiger partial charge in [0.15, 0.2) is 5.70 Å². The zero-order chi connectivity index (χ0) is 15.6. The second-order valence-corrected chi connectivity index (χ2v) is 4.80. The maximum Gasteiger partial charge on any atom is 0.270 e. The third-order valence-corrected chi connectivity index (χ3v) is 3.50. The molecule has 1 heterocycles. The summed E-state index contributed by atoms with van der Waals surface area (Å²) >= 11 is 0. The molecule has 0 bridgehead atoms. The quantitative estimate of drug-likeness (QED) is 0.472. The number of rotatable bonds is 2. The highest BCUT2D eigenvalue weighted by atomic mass is 16.6. The largest absolute Gasteiger partial charge is 0.270 e. The van der Waals surface area contributed by atoms with Gasteiger partial charge in [-0.1, -0.05) is 19.1 Å². The van der Waals surface area contributed by atoms with Crippen LogP contribution >= 0.6 is 0 Å². The maximum atomic E-state index is 10.9. The molecular formula is C15H12N4O2. The summed E-state index contributed by atoms with van der Waals surface area (Å²) in [5.41, 5.74) is 1.89. The van der Waals surface area contributed by atoms with Crippen molar-refractivity contribution in [3.05, 3.63) is 57.1 Å². The SMILES string of the molecule is [C-]#[N+]C1=C(c2cccc([N+](=O)[O-])c2)N=C(C)C(C#N)[C@H]1C. The van der Waals surface area contributed by atoms with Gasteiger partial charge in [-0.25, -0.2) is 4.85 Å². The van der Waals surface area contributed by atoms with Crippen LogP contribution in [-0.2, 0) is 0 Å². The predicted octanol–water partition coefficient (Wildman–Crippen LogP) is 3.43. The smallest absolute Gasteiger partial charge is 0.268 e. The topological polar surface area (TPSA) is 83.7 Å². The van der Waals surface area contributed by atoms with Crippen molar-refractivity contribution >= 4 is 17.1 Å². The first-order chi connectivity index (χ1) is 9.99. The first-order valence-corrected chi connectivity index (χ1v) is 6.30. The summed E-state index contributed by atoms with van der Waals surface area (Å²) in [4.78, 5) is 18.2. The van der Waals surface area contributed by atoms with Gasteiger partial charge in [0.1, 0.15) is 0 Å². The molecule has 0 amide bonds. The highest BCUT2D eigenvalue weighted by Gasteiger charge is 2.31. The molecule has 2 rings (SSSR count). The maximum absolute atomic E-state index is 10.9. The summed E-state index contributed by atoms with van der Waals surface area (Å²) in [5, 5.41) is 20.0. The lowest BCUT2D eigenvalue weighted by molar-refractivity contribution is -0.384. The summed E-state index contributed by atoms with van der Waals surface area (Å²) in [6.45, 7) is 10.9. The van der Waals surface area contributed by atoms with E-state index in [0.717, 1.165) is 0 Å². The minimum absolute atomic E-state index is 0.0488. The Bertz CT molecular complexity index is 750. The number of nitrogens with zero attached hydrogens (tertiary/aromatic N) is 4. The van der Waals surface area contributed by atoms with E-state index in [1.807, 2.05) is 0 Å². The molecule has 1 aromatic carbocycles. The minimum Gasteiger partial charge on any atom is -0.268 e. The number of nitro groups is 1. The predicted molar refractivity (Wildman–Crippen MR) is 78.0 cm³/mol. The molecule has 0 N–H and O–H groups in total. The van der Waals surface area contributed by atoms with E-state index in [9.17, 15) is 15.4 Å². The van der Waals surface area contributed by atoms with Crippen molar-refractivity contribution in [3.63, 3.8) is 0 Å². The van der Waals surface area contributed by atoms with Crippen molar-refractivity contribution in [1.29, 1.82) is 5.26 Å². The van der Waals surface area contributed by atoms with Crippen molar-refractivity contribution < 1.29 is 4.92 Å². The molecule has 0 saturated carbocycles. The fourth-order valence-corrected chi connectivity index (χ4v) is 2.38. The second kappa shape index (κ2) is 5.56. The molecule has 1 aliphatic rings. The zero-order valence-corrected chi connectivity index (χ0v) is 11.6. The molecule has 0 radical (unpaired) electrons. The van der Waals surface area contributed by atoms with E-state index in [4.69, 9.17) is 6.57 Å². The average molecular weight is 280 g/mol. The fraction of sp³-hybridized carbons (Fsp3) is 0.267. The molecule has 0 saturated heterocycles. The van der Waals surface area contributed by atoms with Gasteiger partial charge in [0, 0.05) is 23.8 Å². The van der Waals surface area contributed by atoms with Gasteiger partial charge >= 0.3 is 0 Å². The van der Waals surface area contributed by atoms with Crippen molar-refractivity contribution in [2.45, 2.75) is 13.8 Å². The number of allylic oxidation sites excluding steroid dienone is 1. The van der Waals surface area contributed by atoms with E-state index in [1.165, 1.54) is 12.1 Å². The molecule has 1 aromatic rings. The standard InChI is InChI=1S/C15H12N4O2/c1-9-13(8-16)10(2)18-15(14(9)17-3)11-5-4-6-12(7-11)19(20)21/h4-7,9,13H,1-2H3/t9-,13?/m1/s1. The van der Waals surface area contributed by atoms with Crippen LogP contribution in [0.15, 0.2) is 35.0 Å². The Labute approximate surface area is 122 Å². The Balaban J connectivity index is 2.62. The molecule has 0 aliphatic carbocycles. The first kappa shape index (κ1) is 14.4. The number of hydrogen-bond donors (Lipinski definition) is 0. The summed E-state index contributed by atoms with van der Waals surface area (Å²) in [6.07, 6.45) is 0. The van der Waals surface area contributed by atoms with Crippen LogP contribution in [0.5, 0.6) is 0 Å². The van der Waals surface area contributed by atoms with Crippen LogP contribution in [0.3, 0.4) is 0 Å². The van der Waals surface area contributed by atoms with Crippen molar-refractivity contribution in [2.24, 2.45) is 16.8 Å². The van der Waals surface area contributed by atoms with E-state index >= 15 is 0 Å². The molecule has 1 unspecified atom stereocenters. The van der Waals surface area contributed by atoms with Crippen LogP contribution < -0.4 is 0 Å². The molecule has 1 aliphatic heterocycles. The van der Waals surface area contributed by atoms with Crippen LogP contribution in [0.4, 0.5) is 5.69 Å². The molecule has 2 atom stereocenters. The van der Waals surface area contributed by atoms with Crippen molar-refractivity contribution in [3.8, 4) is 6.07 Å². The van der Waals surface area contributed by atoms with Gasteiger partial charge in [-0.2, -0.15) is 5.26 Å². The number of hydrogen-bond acceptors (Lipinski definition) is 4.